The number of rotatable bonds is 50. The van der Waals surface area contributed by atoms with Gasteiger partial charge in [-0.1, -0.05) is 205 Å². The van der Waals surface area contributed by atoms with Gasteiger partial charge in [0.25, 0.3) is 0 Å². The molecule has 3 atom stereocenters. The number of likely N-dealkylation sites (N-methyl/N-ethyl adjacent to an activating group) is 1. The fourth-order valence-corrected chi connectivity index (χ4v) is 8.60. The van der Waals surface area contributed by atoms with Crippen LogP contribution in [-0.2, 0) is 27.9 Å². The maximum absolute atomic E-state index is 13.5. The molecule has 0 aromatic heterocycles. The number of nitrogens with one attached hydrogen (secondary N) is 1. The van der Waals surface area contributed by atoms with E-state index in [9.17, 15) is 19.0 Å². The fraction of sp³-hybridized carbons (Fsp3) is 0.825. The molecule has 0 aliphatic carbocycles. The first-order chi connectivity index (χ1) is 32.4. The molecule has 392 valence electrons. The molecule has 2 N–H and O–H groups in total. The maximum Gasteiger partial charge on any atom is 0.472 e. The van der Waals surface area contributed by atoms with Crippen LogP contribution < -0.4 is 5.32 Å². The molecule has 0 bridgehead atoms. The number of esters is 1. The van der Waals surface area contributed by atoms with E-state index >= 15 is 0 Å². The van der Waals surface area contributed by atoms with E-state index in [4.69, 9.17) is 13.8 Å². The van der Waals surface area contributed by atoms with Crippen LogP contribution >= 0.6 is 7.82 Å². The van der Waals surface area contributed by atoms with Gasteiger partial charge in [0, 0.05) is 12.8 Å². The summed E-state index contributed by atoms with van der Waals surface area (Å²) >= 11 is 0. The summed E-state index contributed by atoms with van der Waals surface area (Å²) in [6.45, 7) is 6.95. The first kappa shape index (κ1) is 65.0. The van der Waals surface area contributed by atoms with Crippen molar-refractivity contribution in [3.8, 4) is 0 Å². The zero-order valence-electron chi connectivity index (χ0n) is 44.6. The Morgan fingerprint density at radius 1 is 0.522 bits per heavy atom. The van der Waals surface area contributed by atoms with Gasteiger partial charge < -0.3 is 19.4 Å². The van der Waals surface area contributed by atoms with Crippen LogP contribution in [0.1, 0.15) is 252 Å². The Labute approximate surface area is 414 Å². The monoisotopic (exact) mass is 964 g/mol. The van der Waals surface area contributed by atoms with Gasteiger partial charge in [-0.25, -0.2) is 4.57 Å². The molecule has 0 aliphatic rings. The van der Waals surface area contributed by atoms with E-state index in [2.05, 4.69) is 62.5 Å². The molecule has 0 radical (unpaired) electrons. The molecule has 0 heterocycles. The number of amides is 1. The zero-order chi connectivity index (χ0) is 49.4. The van der Waals surface area contributed by atoms with Crippen molar-refractivity contribution in [2.75, 3.05) is 40.9 Å². The number of carbonyl (C=O) groups is 2. The number of quaternary nitrogens is 1. The average molecular weight is 964 g/mol. The molecule has 0 saturated heterocycles. The van der Waals surface area contributed by atoms with Crippen LogP contribution in [0.15, 0.2) is 48.6 Å². The smallest absolute Gasteiger partial charge is 0.456 e. The third kappa shape index (κ3) is 48.8. The predicted octanol–water partition coefficient (Wildman–Crippen LogP) is 16.6. The molecule has 67 heavy (non-hydrogen) atoms. The highest BCUT2D eigenvalue weighted by molar-refractivity contribution is 7.47. The number of phosphoric acid groups is 1. The first-order valence-electron chi connectivity index (χ1n) is 28.0. The average Bonchev–Trinajstić information content (AvgIpc) is 3.28. The highest BCUT2D eigenvalue weighted by Crippen LogP contribution is 2.43. The molecule has 0 fully saturated rings. The van der Waals surface area contributed by atoms with Gasteiger partial charge >= 0.3 is 13.8 Å². The van der Waals surface area contributed by atoms with Crippen LogP contribution in [0.25, 0.3) is 0 Å². The number of nitrogens with zero attached hydrogens (tertiary/aromatic N) is 1. The third-order valence-corrected chi connectivity index (χ3v) is 13.3. The van der Waals surface area contributed by atoms with E-state index < -0.39 is 20.0 Å². The van der Waals surface area contributed by atoms with Gasteiger partial charge in [0.05, 0.1) is 33.8 Å². The molecule has 10 heteroatoms. The lowest BCUT2D eigenvalue weighted by Crippen LogP contribution is -2.47. The lowest BCUT2D eigenvalue weighted by molar-refractivity contribution is -0.870. The minimum atomic E-state index is -4.44. The fourth-order valence-electron chi connectivity index (χ4n) is 7.87. The summed E-state index contributed by atoms with van der Waals surface area (Å²) < 4.78 is 30.6. The Bertz CT molecular complexity index is 1290. The van der Waals surface area contributed by atoms with Crippen molar-refractivity contribution < 1.29 is 37.3 Å². The van der Waals surface area contributed by atoms with Crippen LogP contribution in [-0.4, -0.2) is 74.3 Å². The van der Waals surface area contributed by atoms with E-state index in [0.29, 0.717) is 17.4 Å². The Kier molecular flexibility index (Phi) is 46.2. The van der Waals surface area contributed by atoms with Crippen LogP contribution in [0.4, 0.5) is 0 Å². The van der Waals surface area contributed by atoms with Crippen molar-refractivity contribution in [3.05, 3.63) is 48.6 Å². The summed E-state index contributed by atoms with van der Waals surface area (Å²) in [5, 5.41) is 3.04. The molecular formula is C57H108N2O7P+. The van der Waals surface area contributed by atoms with E-state index in [1.165, 1.54) is 135 Å². The van der Waals surface area contributed by atoms with E-state index in [0.717, 1.165) is 83.5 Å². The first-order valence-corrected chi connectivity index (χ1v) is 29.5. The second kappa shape index (κ2) is 47.6. The molecule has 1 amide bonds. The van der Waals surface area contributed by atoms with Crippen molar-refractivity contribution in [3.63, 3.8) is 0 Å². The molecule has 0 rings (SSSR count). The molecule has 0 spiro atoms. The normalized spacial score (nSPS) is 14.2. The Hall–Kier alpha value is -2.03. The van der Waals surface area contributed by atoms with Gasteiger partial charge in [0.15, 0.2) is 0 Å². The van der Waals surface area contributed by atoms with Crippen molar-refractivity contribution in [1.29, 1.82) is 0 Å². The predicted molar refractivity (Wildman–Crippen MR) is 286 cm³/mol. The largest absolute Gasteiger partial charge is 0.472 e. The molecule has 9 nitrogen and oxygen atoms in total. The standard InChI is InChI=1S/C57H107N2O7P/c1-7-10-13-16-19-22-25-27-29-31-34-37-40-43-46-49-56(60)58-54(53-65-67(62,63)64-52-51-59(4,5)6)55(48-45-42-39-36-33-24-21-18-15-12-9-3)66-57(61)50-47-44-41-38-35-32-30-28-26-23-20-17-14-11-8-2/h19,22-23,25-27,45,48,54-55H,7-18,20-21,24,28-44,46-47,49-53H2,1-6H3,(H-,58,60,62,63)/p+1/b22-19+,26-23-,27-25+,48-45+. The third-order valence-electron chi connectivity index (χ3n) is 12.3. The summed E-state index contributed by atoms with van der Waals surface area (Å²) in [4.78, 5) is 37.5. The number of carbonyl (C=O) groups excluding carboxylic acids is 2. The number of ether oxygens (including phenoxy) is 1. The van der Waals surface area contributed by atoms with Crippen LogP contribution in [0, 0.1) is 0 Å². The van der Waals surface area contributed by atoms with Crippen molar-refractivity contribution >= 4 is 19.7 Å². The minimum Gasteiger partial charge on any atom is -0.456 e. The molecular weight excluding hydrogens is 856 g/mol. The Balaban J connectivity index is 5.37. The SMILES string of the molecule is CCCCC/C=C/C=C/CCCCCCCCC(=O)NC(COP(=O)(O)OCC[N+](C)(C)C)C(/C=C/CCCCCCCCCCC)OC(=O)CCCCCCCCC/C=C\CCCCCC. The Morgan fingerprint density at radius 3 is 1.40 bits per heavy atom. The molecule has 3 unspecified atom stereocenters. The van der Waals surface area contributed by atoms with Gasteiger partial charge in [-0.15, -0.1) is 0 Å². The van der Waals surface area contributed by atoms with Crippen molar-refractivity contribution in [2.24, 2.45) is 0 Å². The van der Waals surface area contributed by atoms with Crippen LogP contribution in [0.2, 0.25) is 0 Å². The van der Waals surface area contributed by atoms with E-state index in [-0.39, 0.29) is 31.5 Å². The summed E-state index contributed by atoms with van der Waals surface area (Å²) in [5.74, 6) is -0.522. The molecule has 0 aromatic carbocycles. The van der Waals surface area contributed by atoms with Gasteiger partial charge in [-0.05, 0) is 83.1 Å². The number of unbranched alkanes of at least 4 members (excludes halogenated alkanes) is 29. The minimum absolute atomic E-state index is 0.0369. The number of hydrogen-bond donors (Lipinski definition) is 2. The van der Waals surface area contributed by atoms with Gasteiger partial charge in [0.2, 0.25) is 5.91 Å². The maximum atomic E-state index is 13.5. The second-order valence-corrected chi connectivity index (χ2v) is 21.6. The van der Waals surface area contributed by atoms with E-state index in [1.807, 2.05) is 33.3 Å². The summed E-state index contributed by atoms with van der Waals surface area (Å²) in [5.41, 5.74) is 0. The number of hydrogen-bond acceptors (Lipinski definition) is 6. The van der Waals surface area contributed by atoms with Gasteiger partial charge in [-0.2, -0.15) is 0 Å². The lowest BCUT2D eigenvalue weighted by Gasteiger charge is -2.27. The molecule has 0 aromatic rings. The highest BCUT2D eigenvalue weighted by Gasteiger charge is 2.30. The highest BCUT2D eigenvalue weighted by atomic mass is 31.2. The number of allylic oxidation sites excluding steroid dienone is 7. The molecule has 0 saturated carbocycles. The van der Waals surface area contributed by atoms with Crippen LogP contribution in [0.5, 0.6) is 0 Å². The zero-order valence-corrected chi connectivity index (χ0v) is 45.5. The quantitative estimate of drug-likeness (QED) is 0.0156. The second-order valence-electron chi connectivity index (χ2n) is 20.1. The van der Waals surface area contributed by atoms with Crippen molar-refractivity contribution in [2.45, 2.75) is 264 Å². The summed E-state index contributed by atoms with van der Waals surface area (Å²) in [6, 6.07) is -0.853. The van der Waals surface area contributed by atoms with Crippen LogP contribution in [0.3, 0.4) is 0 Å². The topological polar surface area (TPSA) is 111 Å². The van der Waals surface area contributed by atoms with Crippen molar-refractivity contribution in [1.82, 2.24) is 5.32 Å². The van der Waals surface area contributed by atoms with E-state index in [1.54, 1.807) is 0 Å². The lowest BCUT2D eigenvalue weighted by atomic mass is 10.1. The molecule has 0 aliphatic heterocycles. The Morgan fingerprint density at radius 2 is 0.910 bits per heavy atom. The van der Waals surface area contributed by atoms with Gasteiger partial charge in [-0.3, -0.25) is 18.6 Å². The summed E-state index contributed by atoms with van der Waals surface area (Å²) in [6.07, 6.45) is 56.7. The number of phosphoric ester groups is 1. The van der Waals surface area contributed by atoms with Gasteiger partial charge in [0.1, 0.15) is 19.3 Å². The summed E-state index contributed by atoms with van der Waals surface area (Å²) in [7, 11) is 1.48.